The van der Waals surface area contributed by atoms with Crippen molar-refractivity contribution in [3.8, 4) is 11.9 Å². The predicted octanol–water partition coefficient (Wildman–Crippen LogP) is 4.24. The van der Waals surface area contributed by atoms with Crippen molar-refractivity contribution in [2.45, 2.75) is 6.92 Å². The van der Waals surface area contributed by atoms with Crippen LogP contribution in [0.5, 0.6) is 5.75 Å². The van der Waals surface area contributed by atoms with Gasteiger partial charge in [-0.1, -0.05) is 29.3 Å². The molecule has 0 amide bonds. The molecule has 0 aliphatic carbocycles. The number of nitrogens with zero attached hydrogens (tertiary/aromatic N) is 2. The number of rotatable bonds is 2. The summed E-state index contributed by atoms with van der Waals surface area (Å²) in [5.74, 6) is 0.249. The summed E-state index contributed by atoms with van der Waals surface area (Å²) in [4.78, 5) is 4.96. The minimum atomic E-state index is 0.115. The molecule has 21 heavy (non-hydrogen) atoms. The molecule has 0 aliphatic heterocycles. The number of benzene rings is 1. The van der Waals surface area contributed by atoms with Crippen molar-refractivity contribution in [1.29, 1.82) is 5.26 Å². The number of aromatic hydroxyl groups is 1. The van der Waals surface area contributed by atoms with Crippen LogP contribution in [0, 0.1) is 18.4 Å². The second kappa shape index (κ2) is 6.68. The number of hydrogen-bond donors (Lipinski definition) is 3. The molecule has 5 nitrogen and oxygen atoms in total. The van der Waals surface area contributed by atoms with Gasteiger partial charge in [0.1, 0.15) is 0 Å². The molecule has 0 unspecified atom stereocenters. The van der Waals surface area contributed by atoms with E-state index in [-0.39, 0.29) is 16.7 Å². The van der Waals surface area contributed by atoms with Gasteiger partial charge in [0.15, 0.2) is 11.9 Å². The van der Waals surface area contributed by atoms with E-state index in [9.17, 15) is 5.11 Å². The van der Waals surface area contributed by atoms with Gasteiger partial charge in [0.05, 0.1) is 21.4 Å². The van der Waals surface area contributed by atoms with Gasteiger partial charge in [-0.05, 0) is 19.1 Å². The Balaban J connectivity index is 2.35. The van der Waals surface area contributed by atoms with Gasteiger partial charge in [-0.15, -0.1) is 11.3 Å². The number of guanidine groups is 1. The summed E-state index contributed by atoms with van der Waals surface area (Å²) in [5, 5.41) is 26.2. The zero-order chi connectivity index (χ0) is 15.4. The van der Waals surface area contributed by atoms with E-state index < -0.39 is 0 Å². The van der Waals surface area contributed by atoms with Gasteiger partial charge in [0.2, 0.25) is 5.96 Å². The van der Waals surface area contributed by atoms with Crippen LogP contribution in [-0.2, 0) is 0 Å². The van der Waals surface area contributed by atoms with Crippen LogP contribution >= 0.6 is 34.5 Å². The van der Waals surface area contributed by atoms with Crippen LogP contribution in [0.2, 0.25) is 10.0 Å². The topological polar surface area (TPSA) is 80.4 Å². The van der Waals surface area contributed by atoms with Crippen molar-refractivity contribution in [1.82, 2.24) is 5.32 Å². The monoisotopic (exact) mass is 340 g/mol. The first-order valence-electron chi connectivity index (χ1n) is 5.74. The van der Waals surface area contributed by atoms with Crippen molar-refractivity contribution < 1.29 is 5.11 Å². The van der Waals surface area contributed by atoms with Crippen LogP contribution < -0.4 is 10.6 Å². The van der Waals surface area contributed by atoms with Gasteiger partial charge in [0, 0.05) is 10.3 Å². The number of nitriles is 1. The highest BCUT2D eigenvalue weighted by atomic mass is 35.5. The Morgan fingerprint density at radius 2 is 2.19 bits per heavy atom. The molecule has 0 radical (unpaired) electrons. The van der Waals surface area contributed by atoms with E-state index >= 15 is 0 Å². The highest BCUT2D eigenvalue weighted by molar-refractivity contribution is 7.10. The number of hydrogen-bond acceptors (Lipinski definition) is 4. The molecule has 0 atom stereocenters. The maximum absolute atomic E-state index is 9.85. The lowest BCUT2D eigenvalue weighted by atomic mass is 10.3. The predicted molar refractivity (Wildman–Crippen MR) is 86.6 cm³/mol. The largest absolute Gasteiger partial charge is 0.505 e. The highest BCUT2D eigenvalue weighted by Crippen LogP contribution is 2.34. The van der Waals surface area contributed by atoms with E-state index in [0.29, 0.717) is 16.4 Å². The SMILES string of the molecule is Cc1scc(NC(=Nc2cccc(Cl)c2Cl)NC#N)c1O. The Labute approximate surface area is 135 Å². The van der Waals surface area contributed by atoms with E-state index in [1.165, 1.54) is 11.3 Å². The van der Waals surface area contributed by atoms with Gasteiger partial charge in [0.25, 0.3) is 0 Å². The van der Waals surface area contributed by atoms with Crippen LogP contribution in [-0.4, -0.2) is 11.1 Å². The molecular formula is C13H10Cl2N4OS. The van der Waals surface area contributed by atoms with Crippen LogP contribution in [0.1, 0.15) is 4.88 Å². The lowest BCUT2D eigenvalue weighted by Crippen LogP contribution is -2.26. The molecule has 108 valence electrons. The summed E-state index contributed by atoms with van der Waals surface area (Å²) < 4.78 is 0. The fraction of sp³-hybridized carbons (Fsp3) is 0.0769. The molecule has 1 heterocycles. The van der Waals surface area contributed by atoms with Crippen molar-refractivity contribution in [2.75, 3.05) is 5.32 Å². The first kappa shape index (κ1) is 15.4. The highest BCUT2D eigenvalue weighted by Gasteiger charge is 2.10. The third-order valence-electron chi connectivity index (χ3n) is 2.53. The summed E-state index contributed by atoms with van der Waals surface area (Å²) in [5.41, 5.74) is 0.859. The average Bonchev–Trinajstić information content (AvgIpc) is 2.76. The van der Waals surface area contributed by atoms with E-state index in [0.717, 1.165) is 4.88 Å². The molecule has 1 aromatic heterocycles. The molecule has 2 rings (SSSR count). The zero-order valence-electron chi connectivity index (χ0n) is 10.8. The Bertz CT molecular complexity index is 736. The number of anilines is 1. The third kappa shape index (κ3) is 3.58. The van der Waals surface area contributed by atoms with Crippen LogP contribution in [0.3, 0.4) is 0 Å². The number of thiophene rings is 1. The molecule has 2 aromatic rings. The van der Waals surface area contributed by atoms with Gasteiger partial charge < -0.3 is 10.4 Å². The van der Waals surface area contributed by atoms with E-state index in [1.807, 2.05) is 0 Å². The molecule has 0 spiro atoms. The summed E-state index contributed by atoms with van der Waals surface area (Å²) in [6.07, 6.45) is 1.77. The molecule has 0 saturated carbocycles. The summed E-state index contributed by atoms with van der Waals surface area (Å²) in [7, 11) is 0. The normalized spacial score (nSPS) is 11.0. The zero-order valence-corrected chi connectivity index (χ0v) is 13.1. The Kier molecular flexibility index (Phi) is 4.91. The maximum atomic E-state index is 9.85. The van der Waals surface area contributed by atoms with E-state index in [2.05, 4.69) is 15.6 Å². The van der Waals surface area contributed by atoms with Gasteiger partial charge in [-0.25, -0.2) is 4.99 Å². The van der Waals surface area contributed by atoms with Crippen LogP contribution in [0.15, 0.2) is 28.6 Å². The Morgan fingerprint density at radius 1 is 1.43 bits per heavy atom. The van der Waals surface area contributed by atoms with Crippen LogP contribution in [0.25, 0.3) is 0 Å². The maximum Gasteiger partial charge on any atom is 0.214 e. The van der Waals surface area contributed by atoms with Crippen molar-refractivity contribution in [3.05, 3.63) is 38.5 Å². The molecule has 3 N–H and O–H groups in total. The summed E-state index contributed by atoms with van der Waals surface area (Å²) in [6, 6.07) is 5.00. The molecule has 8 heteroatoms. The number of aliphatic imine (C=N–C) groups is 1. The van der Waals surface area contributed by atoms with Crippen molar-refractivity contribution in [3.63, 3.8) is 0 Å². The first-order valence-corrected chi connectivity index (χ1v) is 7.38. The Hall–Kier alpha value is -1.94. The number of halogens is 2. The molecule has 0 bridgehead atoms. The molecule has 0 saturated heterocycles. The third-order valence-corrected chi connectivity index (χ3v) is 4.24. The fourth-order valence-corrected chi connectivity index (χ4v) is 2.53. The van der Waals surface area contributed by atoms with E-state index in [4.69, 9.17) is 28.5 Å². The quantitative estimate of drug-likeness (QED) is 0.330. The minimum absolute atomic E-state index is 0.115. The minimum Gasteiger partial charge on any atom is -0.505 e. The number of aryl methyl sites for hydroxylation is 1. The van der Waals surface area contributed by atoms with E-state index in [1.54, 1.807) is 36.7 Å². The average molecular weight is 341 g/mol. The number of nitrogens with one attached hydrogen (secondary N) is 2. The molecule has 0 aliphatic rings. The summed E-state index contributed by atoms with van der Waals surface area (Å²) in [6.45, 7) is 1.79. The van der Waals surface area contributed by atoms with Gasteiger partial charge in [-0.2, -0.15) is 5.26 Å². The van der Waals surface area contributed by atoms with Gasteiger partial charge in [-0.3, -0.25) is 5.32 Å². The van der Waals surface area contributed by atoms with Crippen molar-refractivity contribution >= 4 is 51.9 Å². The standard InChI is InChI=1S/C13H10Cl2N4OS/c1-7-12(20)10(5-21-7)19-13(17-6-16)18-9-4-2-3-8(14)11(9)15/h2-5,20H,1H3,(H2,17,18,19). The first-order chi connectivity index (χ1) is 10.0. The van der Waals surface area contributed by atoms with Gasteiger partial charge >= 0.3 is 0 Å². The lowest BCUT2D eigenvalue weighted by Gasteiger charge is -2.08. The second-order valence-electron chi connectivity index (χ2n) is 3.95. The molecule has 1 aromatic carbocycles. The molecular weight excluding hydrogens is 331 g/mol. The van der Waals surface area contributed by atoms with Crippen molar-refractivity contribution in [2.24, 2.45) is 4.99 Å². The Morgan fingerprint density at radius 3 is 2.81 bits per heavy atom. The lowest BCUT2D eigenvalue weighted by molar-refractivity contribution is 0.476. The molecule has 0 fully saturated rings. The van der Waals surface area contributed by atoms with Crippen LogP contribution in [0.4, 0.5) is 11.4 Å². The fourth-order valence-electron chi connectivity index (χ4n) is 1.50. The smallest absolute Gasteiger partial charge is 0.214 e. The second-order valence-corrected chi connectivity index (χ2v) is 5.82. The summed E-state index contributed by atoms with van der Waals surface area (Å²) >= 11 is 13.3.